The summed E-state index contributed by atoms with van der Waals surface area (Å²) in [6.45, 7) is 1.45. The van der Waals surface area contributed by atoms with Gasteiger partial charge in [-0.25, -0.2) is 0 Å². The second-order valence-corrected chi connectivity index (χ2v) is 7.78. The Balaban J connectivity index is 1.74. The van der Waals surface area contributed by atoms with Gasteiger partial charge in [0.25, 0.3) is 0 Å². The van der Waals surface area contributed by atoms with Crippen molar-refractivity contribution in [1.29, 1.82) is 0 Å². The van der Waals surface area contributed by atoms with Crippen LogP contribution in [-0.4, -0.2) is 17.9 Å². The Morgan fingerprint density at radius 1 is 1.00 bits per heavy atom. The predicted octanol–water partition coefficient (Wildman–Crippen LogP) is 5.20. The SMILES string of the molecule is CC(=O)OC(/C=C/c1ccccc1)[C@H]1CCC[C@@H]1C(=O)C1CCCCC1. The Bertz CT molecular complexity index is 628. The van der Waals surface area contributed by atoms with Gasteiger partial charge in [0.15, 0.2) is 0 Å². The molecular weight excluding hydrogens is 324 g/mol. The Morgan fingerprint density at radius 3 is 2.42 bits per heavy atom. The quantitative estimate of drug-likeness (QED) is 0.660. The third kappa shape index (κ3) is 4.84. The topological polar surface area (TPSA) is 43.4 Å². The number of benzene rings is 1. The number of ether oxygens (including phenoxy) is 1. The van der Waals surface area contributed by atoms with Gasteiger partial charge in [-0.2, -0.15) is 0 Å². The largest absolute Gasteiger partial charge is 0.458 e. The van der Waals surface area contributed by atoms with Crippen LogP contribution < -0.4 is 0 Å². The molecule has 0 amide bonds. The van der Waals surface area contributed by atoms with Gasteiger partial charge in [0, 0.05) is 24.7 Å². The summed E-state index contributed by atoms with van der Waals surface area (Å²) in [7, 11) is 0. The van der Waals surface area contributed by atoms with E-state index in [-0.39, 0.29) is 29.8 Å². The van der Waals surface area contributed by atoms with Crippen LogP contribution in [0.1, 0.15) is 63.9 Å². The lowest BCUT2D eigenvalue weighted by Gasteiger charge is -2.29. The lowest BCUT2D eigenvalue weighted by molar-refractivity contribution is -0.148. The third-order valence-corrected chi connectivity index (χ3v) is 5.94. The van der Waals surface area contributed by atoms with E-state index < -0.39 is 0 Å². The highest BCUT2D eigenvalue weighted by atomic mass is 16.5. The van der Waals surface area contributed by atoms with Crippen LogP contribution in [-0.2, 0) is 14.3 Å². The van der Waals surface area contributed by atoms with E-state index in [0.717, 1.165) is 37.7 Å². The van der Waals surface area contributed by atoms with Gasteiger partial charge in [-0.3, -0.25) is 9.59 Å². The maximum absolute atomic E-state index is 13.1. The fraction of sp³-hybridized carbons (Fsp3) is 0.565. The van der Waals surface area contributed by atoms with Crippen LogP contribution in [0.5, 0.6) is 0 Å². The van der Waals surface area contributed by atoms with Crippen molar-refractivity contribution in [1.82, 2.24) is 0 Å². The Kier molecular flexibility index (Phi) is 6.65. The molecule has 0 radical (unpaired) electrons. The fourth-order valence-electron chi connectivity index (χ4n) is 4.66. The molecule has 0 aromatic heterocycles. The summed E-state index contributed by atoms with van der Waals surface area (Å²) in [5, 5.41) is 0. The highest BCUT2D eigenvalue weighted by Crippen LogP contribution is 2.40. The molecule has 26 heavy (non-hydrogen) atoms. The average Bonchev–Trinajstić information content (AvgIpc) is 3.15. The zero-order valence-corrected chi connectivity index (χ0v) is 15.7. The first-order chi connectivity index (χ1) is 12.6. The maximum Gasteiger partial charge on any atom is 0.303 e. The Labute approximate surface area is 156 Å². The minimum Gasteiger partial charge on any atom is -0.458 e. The minimum atomic E-state index is -0.312. The molecule has 1 aromatic carbocycles. The van der Waals surface area contributed by atoms with Crippen molar-refractivity contribution in [2.75, 3.05) is 0 Å². The molecular formula is C23H30O3. The molecule has 2 aliphatic carbocycles. The molecule has 0 aliphatic heterocycles. The maximum atomic E-state index is 13.1. The predicted molar refractivity (Wildman–Crippen MR) is 103 cm³/mol. The van der Waals surface area contributed by atoms with Crippen molar-refractivity contribution < 1.29 is 14.3 Å². The molecule has 2 aliphatic rings. The molecule has 0 saturated heterocycles. The molecule has 3 nitrogen and oxygen atoms in total. The molecule has 140 valence electrons. The second kappa shape index (κ2) is 9.16. The van der Waals surface area contributed by atoms with Gasteiger partial charge in [-0.05, 0) is 37.3 Å². The molecule has 0 bridgehead atoms. The van der Waals surface area contributed by atoms with Crippen molar-refractivity contribution in [3.8, 4) is 0 Å². The van der Waals surface area contributed by atoms with Gasteiger partial charge >= 0.3 is 5.97 Å². The summed E-state index contributed by atoms with van der Waals surface area (Å²) in [5.41, 5.74) is 1.08. The third-order valence-electron chi connectivity index (χ3n) is 5.94. The van der Waals surface area contributed by atoms with Crippen LogP contribution >= 0.6 is 0 Å². The van der Waals surface area contributed by atoms with Crippen LogP contribution in [0.2, 0.25) is 0 Å². The van der Waals surface area contributed by atoms with Crippen LogP contribution in [0.4, 0.5) is 0 Å². The smallest absolute Gasteiger partial charge is 0.303 e. The number of hydrogen-bond acceptors (Lipinski definition) is 3. The first-order valence-electron chi connectivity index (χ1n) is 10.1. The molecule has 3 rings (SSSR count). The number of ketones is 1. The van der Waals surface area contributed by atoms with E-state index in [9.17, 15) is 9.59 Å². The monoisotopic (exact) mass is 354 g/mol. The van der Waals surface area contributed by atoms with Gasteiger partial charge in [-0.1, -0.05) is 62.1 Å². The molecule has 0 N–H and O–H groups in total. The van der Waals surface area contributed by atoms with E-state index in [1.165, 1.54) is 26.2 Å². The normalized spacial score (nSPS) is 25.3. The zero-order chi connectivity index (χ0) is 18.4. The van der Waals surface area contributed by atoms with Crippen LogP contribution in [0.15, 0.2) is 36.4 Å². The summed E-state index contributed by atoms with van der Waals surface area (Å²) >= 11 is 0. The highest BCUT2D eigenvalue weighted by Gasteiger charge is 2.40. The van der Waals surface area contributed by atoms with Crippen molar-refractivity contribution in [3.63, 3.8) is 0 Å². The molecule has 1 unspecified atom stereocenters. The number of hydrogen-bond donors (Lipinski definition) is 0. The number of Topliss-reactive ketones (excluding diaryl/α,β-unsaturated/α-hetero) is 1. The summed E-state index contributed by atoms with van der Waals surface area (Å²) in [6, 6.07) is 10.0. The van der Waals surface area contributed by atoms with E-state index in [1.807, 2.05) is 42.5 Å². The standard InChI is InChI=1S/C23H30O3/c1-17(24)26-22(16-15-18-9-4-2-5-10-18)20-13-8-14-21(20)23(25)19-11-6-3-7-12-19/h2,4-5,9-10,15-16,19-22H,3,6-8,11-14H2,1H3/b16-15+/t20-,21-,22?/m0/s1. The Morgan fingerprint density at radius 2 is 1.73 bits per heavy atom. The number of carbonyl (C=O) groups is 2. The second-order valence-electron chi connectivity index (χ2n) is 7.78. The van der Waals surface area contributed by atoms with E-state index in [0.29, 0.717) is 5.78 Å². The van der Waals surface area contributed by atoms with Crippen LogP contribution in [0, 0.1) is 17.8 Å². The fourth-order valence-corrected chi connectivity index (χ4v) is 4.66. The molecule has 2 saturated carbocycles. The molecule has 0 heterocycles. The van der Waals surface area contributed by atoms with Gasteiger partial charge in [0.1, 0.15) is 11.9 Å². The molecule has 2 fully saturated rings. The summed E-state index contributed by atoms with van der Waals surface area (Å²) < 4.78 is 5.65. The summed E-state index contributed by atoms with van der Waals surface area (Å²) in [4.78, 5) is 24.8. The molecule has 3 heteroatoms. The summed E-state index contributed by atoms with van der Waals surface area (Å²) in [5.74, 6) is 0.544. The van der Waals surface area contributed by atoms with Crippen LogP contribution in [0.25, 0.3) is 6.08 Å². The number of rotatable bonds is 6. The van der Waals surface area contributed by atoms with Gasteiger partial charge in [0.2, 0.25) is 0 Å². The van der Waals surface area contributed by atoms with E-state index in [1.54, 1.807) is 0 Å². The van der Waals surface area contributed by atoms with Crippen molar-refractivity contribution in [3.05, 3.63) is 42.0 Å². The Hall–Kier alpha value is -1.90. The lowest BCUT2D eigenvalue weighted by atomic mass is 9.77. The number of esters is 1. The molecule has 1 aromatic rings. The average molecular weight is 354 g/mol. The van der Waals surface area contributed by atoms with E-state index >= 15 is 0 Å². The minimum absolute atomic E-state index is 0.0443. The summed E-state index contributed by atoms with van der Waals surface area (Å²) in [6.07, 6.45) is 12.3. The van der Waals surface area contributed by atoms with Gasteiger partial charge in [0.05, 0.1) is 0 Å². The molecule has 0 spiro atoms. The highest BCUT2D eigenvalue weighted by molar-refractivity contribution is 5.84. The van der Waals surface area contributed by atoms with Gasteiger partial charge < -0.3 is 4.74 Å². The van der Waals surface area contributed by atoms with Gasteiger partial charge in [-0.15, -0.1) is 0 Å². The van der Waals surface area contributed by atoms with Crippen molar-refractivity contribution >= 4 is 17.8 Å². The van der Waals surface area contributed by atoms with E-state index in [4.69, 9.17) is 4.74 Å². The van der Waals surface area contributed by atoms with Crippen molar-refractivity contribution in [2.24, 2.45) is 17.8 Å². The lowest BCUT2D eigenvalue weighted by Crippen LogP contribution is -2.34. The number of carbonyl (C=O) groups excluding carboxylic acids is 2. The zero-order valence-electron chi connectivity index (χ0n) is 15.7. The first-order valence-corrected chi connectivity index (χ1v) is 10.1. The van der Waals surface area contributed by atoms with Crippen molar-refractivity contribution in [2.45, 2.75) is 64.4 Å². The van der Waals surface area contributed by atoms with Crippen LogP contribution in [0.3, 0.4) is 0 Å². The first kappa shape index (κ1) is 18.9. The van der Waals surface area contributed by atoms with E-state index in [2.05, 4.69) is 0 Å². The molecule has 3 atom stereocenters.